The van der Waals surface area contributed by atoms with Crippen LogP contribution in [0.4, 0.5) is 23.1 Å². The average molecular weight is 381 g/mol. The third-order valence-electron chi connectivity index (χ3n) is 4.15. The van der Waals surface area contributed by atoms with Crippen molar-refractivity contribution in [1.82, 2.24) is 9.97 Å². The zero-order chi connectivity index (χ0) is 16.4. The van der Waals surface area contributed by atoms with Gasteiger partial charge in [-0.25, -0.2) is 4.98 Å². The van der Waals surface area contributed by atoms with Gasteiger partial charge >= 0.3 is 0 Å². The molecule has 0 bridgehead atoms. The third kappa shape index (κ3) is 2.99. The second-order valence-corrected chi connectivity index (χ2v) is 6.58. The number of nitrogens with zero attached hydrogens (tertiary/aromatic N) is 3. The van der Waals surface area contributed by atoms with E-state index in [0.29, 0.717) is 5.95 Å². The lowest BCUT2D eigenvalue weighted by Gasteiger charge is -2.30. The van der Waals surface area contributed by atoms with E-state index in [1.165, 1.54) is 11.3 Å². The van der Waals surface area contributed by atoms with Gasteiger partial charge in [0.1, 0.15) is 5.82 Å². The molecule has 1 aliphatic rings. The molecular formula is C19H17BrN4. The summed E-state index contributed by atoms with van der Waals surface area (Å²) in [5, 5.41) is 3.28. The summed E-state index contributed by atoms with van der Waals surface area (Å²) in [5.74, 6) is 1.52. The molecule has 0 radical (unpaired) electrons. The molecule has 24 heavy (non-hydrogen) atoms. The van der Waals surface area contributed by atoms with Crippen LogP contribution in [0.15, 0.2) is 65.3 Å². The topological polar surface area (TPSA) is 41.1 Å². The van der Waals surface area contributed by atoms with Crippen LogP contribution in [-0.4, -0.2) is 16.5 Å². The molecule has 0 aliphatic carbocycles. The van der Waals surface area contributed by atoms with Crippen LogP contribution >= 0.6 is 15.9 Å². The van der Waals surface area contributed by atoms with Crippen molar-refractivity contribution in [2.75, 3.05) is 16.8 Å². The Morgan fingerprint density at radius 2 is 1.83 bits per heavy atom. The van der Waals surface area contributed by atoms with E-state index in [2.05, 4.69) is 55.4 Å². The molecule has 2 aromatic carbocycles. The first-order chi connectivity index (χ1) is 11.8. The van der Waals surface area contributed by atoms with Gasteiger partial charge in [-0.05, 0) is 58.6 Å². The maximum absolute atomic E-state index is 4.71. The number of fused-ring (bicyclic) bond motifs is 1. The minimum absolute atomic E-state index is 0.599. The molecule has 120 valence electrons. The van der Waals surface area contributed by atoms with Crippen LogP contribution in [0, 0.1) is 0 Å². The Morgan fingerprint density at radius 1 is 1.00 bits per heavy atom. The van der Waals surface area contributed by atoms with Crippen molar-refractivity contribution in [3.05, 3.63) is 70.8 Å². The molecular weight excluding hydrogens is 364 g/mol. The first kappa shape index (κ1) is 15.1. The number of hydrogen-bond acceptors (Lipinski definition) is 4. The van der Waals surface area contributed by atoms with Crippen LogP contribution < -0.4 is 10.2 Å². The van der Waals surface area contributed by atoms with Crippen molar-refractivity contribution in [3.8, 4) is 0 Å². The van der Waals surface area contributed by atoms with Gasteiger partial charge in [-0.1, -0.05) is 30.3 Å². The summed E-state index contributed by atoms with van der Waals surface area (Å²) in [4.78, 5) is 11.3. The lowest BCUT2D eigenvalue weighted by Crippen LogP contribution is -2.25. The Bertz CT molecular complexity index is 865. The van der Waals surface area contributed by atoms with E-state index in [1.54, 1.807) is 6.20 Å². The predicted octanol–water partition coefficient (Wildman–Crippen LogP) is 5.07. The molecule has 1 N–H and O–H groups in total. The SMILES string of the molecule is Brc1ccccc1Nc1nccc(N2CCCc3ccccc32)n1. The van der Waals surface area contributed by atoms with Crippen molar-refractivity contribution in [1.29, 1.82) is 0 Å². The maximum atomic E-state index is 4.71. The smallest absolute Gasteiger partial charge is 0.229 e. The zero-order valence-corrected chi connectivity index (χ0v) is 14.7. The number of anilines is 4. The van der Waals surface area contributed by atoms with E-state index < -0.39 is 0 Å². The molecule has 0 fully saturated rings. The number of hydrogen-bond donors (Lipinski definition) is 1. The molecule has 4 nitrogen and oxygen atoms in total. The fourth-order valence-electron chi connectivity index (χ4n) is 3.01. The van der Waals surface area contributed by atoms with Crippen LogP contribution in [0.2, 0.25) is 0 Å². The zero-order valence-electron chi connectivity index (χ0n) is 13.1. The summed E-state index contributed by atoms with van der Waals surface area (Å²) in [6.45, 7) is 0.975. The first-order valence-corrected chi connectivity index (χ1v) is 8.80. The highest BCUT2D eigenvalue weighted by Crippen LogP contribution is 2.32. The third-order valence-corrected chi connectivity index (χ3v) is 4.84. The van der Waals surface area contributed by atoms with Crippen LogP contribution in [0.1, 0.15) is 12.0 Å². The molecule has 0 amide bonds. The summed E-state index contributed by atoms with van der Waals surface area (Å²) in [5.41, 5.74) is 3.57. The summed E-state index contributed by atoms with van der Waals surface area (Å²) >= 11 is 3.54. The number of para-hydroxylation sites is 2. The molecule has 4 rings (SSSR count). The number of nitrogens with one attached hydrogen (secondary N) is 1. The fraction of sp³-hybridized carbons (Fsp3) is 0.158. The number of aromatic nitrogens is 2. The molecule has 3 aromatic rings. The quantitative estimate of drug-likeness (QED) is 0.688. The van der Waals surface area contributed by atoms with Crippen LogP contribution in [0.3, 0.4) is 0 Å². The van der Waals surface area contributed by atoms with Crippen molar-refractivity contribution in [2.24, 2.45) is 0 Å². The molecule has 0 unspecified atom stereocenters. The highest BCUT2D eigenvalue weighted by Gasteiger charge is 2.19. The lowest BCUT2D eigenvalue weighted by molar-refractivity contribution is 0.759. The molecule has 0 saturated heterocycles. The van der Waals surface area contributed by atoms with Gasteiger partial charge in [0, 0.05) is 22.9 Å². The van der Waals surface area contributed by atoms with Gasteiger partial charge < -0.3 is 10.2 Å². The number of rotatable bonds is 3. The van der Waals surface area contributed by atoms with Gasteiger partial charge in [0.25, 0.3) is 0 Å². The van der Waals surface area contributed by atoms with Crippen LogP contribution in [0.25, 0.3) is 0 Å². The fourth-order valence-corrected chi connectivity index (χ4v) is 3.40. The van der Waals surface area contributed by atoms with E-state index in [0.717, 1.165) is 35.4 Å². The van der Waals surface area contributed by atoms with E-state index in [-0.39, 0.29) is 0 Å². The van der Waals surface area contributed by atoms with Crippen molar-refractivity contribution >= 4 is 39.1 Å². The Kier molecular flexibility index (Phi) is 4.17. The van der Waals surface area contributed by atoms with E-state index in [4.69, 9.17) is 4.98 Å². The van der Waals surface area contributed by atoms with Gasteiger partial charge in [0.05, 0.1) is 5.69 Å². The van der Waals surface area contributed by atoms with Gasteiger partial charge in [0.2, 0.25) is 5.95 Å². The maximum Gasteiger partial charge on any atom is 0.229 e. The summed E-state index contributed by atoms with van der Waals surface area (Å²) in [7, 11) is 0. The predicted molar refractivity (Wildman–Crippen MR) is 101 cm³/mol. The Hall–Kier alpha value is -2.40. The summed E-state index contributed by atoms with van der Waals surface area (Å²) in [6.07, 6.45) is 4.06. The van der Waals surface area contributed by atoms with Crippen molar-refractivity contribution < 1.29 is 0 Å². The number of aryl methyl sites for hydroxylation is 1. The average Bonchev–Trinajstić information content (AvgIpc) is 2.63. The van der Waals surface area contributed by atoms with Crippen molar-refractivity contribution in [3.63, 3.8) is 0 Å². The van der Waals surface area contributed by atoms with Crippen LogP contribution in [0.5, 0.6) is 0 Å². The second-order valence-electron chi connectivity index (χ2n) is 5.73. The molecule has 2 heterocycles. The normalized spacial score (nSPS) is 13.5. The Labute approximate surface area is 149 Å². The lowest BCUT2D eigenvalue weighted by atomic mass is 10.0. The Balaban J connectivity index is 1.65. The van der Waals surface area contributed by atoms with E-state index >= 15 is 0 Å². The van der Waals surface area contributed by atoms with E-state index in [1.807, 2.05) is 30.3 Å². The highest BCUT2D eigenvalue weighted by molar-refractivity contribution is 9.10. The van der Waals surface area contributed by atoms with Gasteiger partial charge in [-0.3, -0.25) is 0 Å². The molecule has 1 aliphatic heterocycles. The molecule has 5 heteroatoms. The van der Waals surface area contributed by atoms with E-state index in [9.17, 15) is 0 Å². The largest absolute Gasteiger partial charge is 0.326 e. The molecule has 1 aromatic heterocycles. The van der Waals surface area contributed by atoms with Crippen LogP contribution in [-0.2, 0) is 6.42 Å². The van der Waals surface area contributed by atoms with Gasteiger partial charge in [-0.15, -0.1) is 0 Å². The van der Waals surface area contributed by atoms with Gasteiger partial charge in [0.15, 0.2) is 0 Å². The molecule has 0 spiro atoms. The first-order valence-electron chi connectivity index (χ1n) is 8.01. The highest BCUT2D eigenvalue weighted by atomic mass is 79.9. The van der Waals surface area contributed by atoms with Gasteiger partial charge in [-0.2, -0.15) is 4.98 Å². The standard InChI is InChI=1S/C19H17BrN4/c20-15-8-2-3-9-16(15)22-19-21-12-11-18(23-19)24-13-5-7-14-6-1-4-10-17(14)24/h1-4,6,8-12H,5,7,13H2,(H,21,22,23). The molecule has 0 saturated carbocycles. The summed E-state index contributed by atoms with van der Waals surface area (Å²) < 4.78 is 0.988. The minimum atomic E-state index is 0.599. The number of benzene rings is 2. The number of halogens is 1. The Morgan fingerprint density at radius 3 is 2.75 bits per heavy atom. The minimum Gasteiger partial charge on any atom is -0.326 e. The summed E-state index contributed by atoms with van der Waals surface area (Å²) in [6, 6.07) is 18.5. The second kappa shape index (κ2) is 6.61. The monoisotopic (exact) mass is 380 g/mol. The molecule has 0 atom stereocenters. The van der Waals surface area contributed by atoms with Crippen molar-refractivity contribution in [2.45, 2.75) is 12.8 Å².